The molecule has 1 saturated heterocycles. The fourth-order valence-electron chi connectivity index (χ4n) is 3.02. The molecule has 1 aliphatic rings. The first-order valence-corrected chi connectivity index (χ1v) is 8.96. The Hall–Kier alpha value is -1.95. The Bertz CT molecular complexity index is 616. The molecule has 2 rings (SSSR count). The van der Waals surface area contributed by atoms with E-state index in [1.165, 1.54) is 0 Å². The Morgan fingerprint density at radius 3 is 2.48 bits per heavy atom. The van der Waals surface area contributed by atoms with Gasteiger partial charge in [0.2, 0.25) is 11.8 Å². The quantitative estimate of drug-likeness (QED) is 0.877. The van der Waals surface area contributed by atoms with Crippen LogP contribution in [0.4, 0.5) is 5.82 Å². The van der Waals surface area contributed by atoms with Crippen LogP contribution < -0.4 is 10.6 Å². The lowest BCUT2D eigenvalue weighted by molar-refractivity contribution is -0.128. The van der Waals surface area contributed by atoms with E-state index in [2.05, 4.69) is 20.5 Å². The van der Waals surface area contributed by atoms with E-state index in [-0.39, 0.29) is 29.3 Å². The molecule has 0 aliphatic carbocycles. The van der Waals surface area contributed by atoms with Crippen LogP contribution in [0.5, 0.6) is 0 Å². The van der Waals surface area contributed by atoms with Crippen molar-refractivity contribution in [2.24, 2.45) is 5.92 Å². The van der Waals surface area contributed by atoms with E-state index >= 15 is 0 Å². The van der Waals surface area contributed by atoms with Crippen molar-refractivity contribution in [2.45, 2.75) is 59.0 Å². The van der Waals surface area contributed by atoms with Gasteiger partial charge in [0, 0.05) is 17.7 Å². The molecule has 2 N–H and O–H groups in total. The molecule has 2 heterocycles. The summed E-state index contributed by atoms with van der Waals surface area (Å²) >= 11 is 0. The number of amides is 2. The summed E-state index contributed by atoms with van der Waals surface area (Å²) in [7, 11) is 0. The molecule has 1 aliphatic heterocycles. The molecular weight excluding hydrogens is 316 g/mol. The average Bonchev–Trinajstić information content (AvgIpc) is 2.55. The van der Waals surface area contributed by atoms with Gasteiger partial charge in [-0.3, -0.25) is 14.5 Å². The first-order chi connectivity index (χ1) is 11.7. The number of piperidine rings is 1. The minimum Gasteiger partial charge on any atom is -0.350 e. The van der Waals surface area contributed by atoms with Crippen LogP contribution in [0.15, 0.2) is 18.3 Å². The summed E-state index contributed by atoms with van der Waals surface area (Å²) in [6.07, 6.45) is 3.19. The molecule has 6 heteroatoms. The number of nitrogens with one attached hydrogen (secondary N) is 2. The number of hydrogen-bond acceptors (Lipinski definition) is 4. The Kier molecular flexibility index (Phi) is 6.16. The average molecular weight is 346 g/mol. The summed E-state index contributed by atoms with van der Waals surface area (Å²) in [4.78, 5) is 31.1. The number of carbonyl (C=O) groups is 2. The third kappa shape index (κ3) is 5.53. The lowest BCUT2D eigenvalue weighted by Gasteiger charge is -2.36. The summed E-state index contributed by atoms with van der Waals surface area (Å²) in [5.74, 6) is 0.663. The zero-order chi connectivity index (χ0) is 18.6. The molecule has 2 amide bonds. The van der Waals surface area contributed by atoms with Gasteiger partial charge in [0.05, 0.1) is 6.04 Å². The third-order valence-electron chi connectivity index (χ3n) is 4.58. The molecule has 0 unspecified atom stereocenters. The van der Waals surface area contributed by atoms with E-state index < -0.39 is 0 Å². The van der Waals surface area contributed by atoms with Crippen LogP contribution in [0.2, 0.25) is 0 Å². The minimum atomic E-state index is -0.232. The SMILES string of the molecule is Cc1cccnc1NC(=O)C1CCN([C@H](C)C(=O)NC(C)(C)C)CC1. The standard InChI is InChI=1S/C19H30N4O2/c1-13-7-6-10-20-16(13)21-18(25)15-8-11-23(12-9-15)14(2)17(24)22-19(3,4)5/h6-7,10,14-15H,8-9,11-12H2,1-5H3,(H,22,24)(H,20,21,25)/t14-/m1/s1. The van der Waals surface area contributed by atoms with E-state index in [1.807, 2.05) is 46.8 Å². The topological polar surface area (TPSA) is 74.3 Å². The van der Waals surface area contributed by atoms with Crippen LogP contribution in [-0.4, -0.2) is 46.4 Å². The number of hydrogen-bond donors (Lipinski definition) is 2. The van der Waals surface area contributed by atoms with E-state index in [1.54, 1.807) is 6.20 Å². The molecular formula is C19H30N4O2. The van der Waals surface area contributed by atoms with Gasteiger partial charge in [0.15, 0.2) is 0 Å². The highest BCUT2D eigenvalue weighted by Gasteiger charge is 2.31. The number of anilines is 1. The van der Waals surface area contributed by atoms with Crippen LogP contribution in [0.3, 0.4) is 0 Å². The first-order valence-electron chi connectivity index (χ1n) is 8.96. The fourth-order valence-corrected chi connectivity index (χ4v) is 3.02. The van der Waals surface area contributed by atoms with Crippen molar-refractivity contribution in [1.82, 2.24) is 15.2 Å². The maximum atomic E-state index is 12.5. The van der Waals surface area contributed by atoms with Gasteiger partial charge in [-0.25, -0.2) is 4.98 Å². The number of likely N-dealkylation sites (tertiary alicyclic amines) is 1. The Morgan fingerprint density at radius 2 is 1.92 bits per heavy atom. The number of aromatic nitrogens is 1. The van der Waals surface area contributed by atoms with Crippen molar-refractivity contribution < 1.29 is 9.59 Å². The Morgan fingerprint density at radius 1 is 1.28 bits per heavy atom. The van der Waals surface area contributed by atoms with Gasteiger partial charge in [-0.1, -0.05) is 6.07 Å². The highest BCUT2D eigenvalue weighted by Crippen LogP contribution is 2.21. The van der Waals surface area contributed by atoms with E-state index in [9.17, 15) is 9.59 Å². The van der Waals surface area contributed by atoms with Crippen molar-refractivity contribution in [1.29, 1.82) is 0 Å². The lowest BCUT2D eigenvalue weighted by atomic mass is 9.94. The fraction of sp³-hybridized carbons (Fsp3) is 0.632. The maximum Gasteiger partial charge on any atom is 0.237 e. The molecule has 0 saturated carbocycles. The van der Waals surface area contributed by atoms with Crippen molar-refractivity contribution >= 4 is 17.6 Å². The second-order valence-corrected chi connectivity index (χ2v) is 7.88. The smallest absolute Gasteiger partial charge is 0.237 e. The molecule has 6 nitrogen and oxygen atoms in total. The summed E-state index contributed by atoms with van der Waals surface area (Å²) < 4.78 is 0. The number of rotatable bonds is 4. The zero-order valence-corrected chi connectivity index (χ0v) is 15.9. The molecule has 0 aromatic carbocycles. The second kappa shape index (κ2) is 7.95. The van der Waals surface area contributed by atoms with Crippen LogP contribution in [0.1, 0.15) is 46.1 Å². The van der Waals surface area contributed by atoms with Gasteiger partial charge in [-0.15, -0.1) is 0 Å². The molecule has 1 aromatic heterocycles. The largest absolute Gasteiger partial charge is 0.350 e. The molecule has 0 spiro atoms. The molecule has 1 fully saturated rings. The van der Waals surface area contributed by atoms with Crippen molar-refractivity contribution in [3.05, 3.63) is 23.9 Å². The van der Waals surface area contributed by atoms with Gasteiger partial charge >= 0.3 is 0 Å². The van der Waals surface area contributed by atoms with Crippen molar-refractivity contribution in [3.8, 4) is 0 Å². The monoisotopic (exact) mass is 346 g/mol. The summed E-state index contributed by atoms with van der Waals surface area (Å²) in [6.45, 7) is 11.3. The number of pyridine rings is 1. The van der Waals surface area contributed by atoms with Crippen LogP contribution in [-0.2, 0) is 9.59 Å². The highest BCUT2D eigenvalue weighted by atomic mass is 16.2. The predicted molar refractivity (Wildman–Crippen MR) is 99.3 cm³/mol. The molecule has 1 atom stereocenters. The molecule has 0 radical (unpaired) electrons. The lowest BCUT2D eigenvalue weighted by Crippen LogP contribution is -2.53. The molecule has 0 bridgehead atoms. The molecule has 1 aromatic rings. The van der Waals surface area contributed by atoms with E-state index in [4.69, 9.17) is 0 Å². The van der Waals surface area contributed by atoms with Gasteiger partial charge in [-0.05, 0) is 72.2 Å². The predicted octanol–water partition coefficient (Wildman–Crippen LogP) is 2.34. The molecule has 25 heavy (non-hydrogen) atoms. The van der Waals surface area contributed by atoms with Crippen molar-refractivity contribution in [2.75, 3.05) is 18.4 Å². The summed E-state index contributed by atoms with van der Waals surface area (Å²) in [5.41, 5.74) is 0.727. The summed E-state index contributed by atoms with van der Waals surface area (Å²) in [6, 6.07) is 3.61. The van der Waals surface area contributed by atoms with Gasteiger partial charge in [-0.2, -0.15) is 0 Å². The normalized spacial score (nSPS) is 17.8. The van der Waals surface area contributed by atoms with Crippen molar-refractivity contribution in [3.63, 3.8) is 0 Å². The van der Waals surface area contributed by atoms with Gasteiger partial charge < -0.3 is 10.6 Å². The van der Waals surface area contributed by atoms with Gasteiger partial charge in [0.25, 0.3) is 0 Å². The van der Waals surface area contributed by atoms with Crippen LogP contribution in [0.25, 0.3) is 0 Å². The van der Waals surface area contributed by atoms with Gasteiger partial charge in [0.1, 0.15) is 5.82 Å². The van der Waals surface area contributed by atoms with Crippen LogP contribution in [0, 0.1) is 12.8 Å². The van der Waals surface area contributed by atoms with E-state index in [0.29, 0.717) is 5.82 Å². The Balaban J connectivity index is 1.85. The first kappa shape index (κ1) is 19.4. The summed E-state index contributed by atoms with van der Waals surface area (Å²) in [5, 5.41) is 5.95. The maximum absolute atomic E-state index is 12.5. The molecule has 138 valence electrons. The number of carbonyl (C=O) groups excluding carboxylic acids is 2. The second-order valence-electron chi connectivity index (χ2n) is 7.88. The minimum absolute atomic E-state index is 0.0215. The van der Waals surface area contributed by atoms with E-state index in [0.717, 1.165) is 31.5 Å². The van der Waals surface area contributed by atoms with Crippen LogP contribution >= 0.6 is 0 Å². The number of nitrogens with zero attached hydrogens (tertiary/aromatic N) is 2. The zero-order valence-electron chi connectivity index (χ0n) is 15.9. The Labute approximate surface area is 150 Å². The number of aryl methyl sites for hydroxylation is 1. The third-order valence-corrected chi connectivity index (χ3v) is 4.58. The highest BCUT2D eigenvalue weighted by molar-refractivity contribution is 5.92.